The molecule has 2 aromatic carbocycles. The van der Waals surface area contributed by atoms with Crippen molar-refractivity contribution in [3.05, 3.63) is 78.8 Å². The van der Waals surface area contributed by atoms with Crippen molar-refractivity contribution in [1.29, 1.82) is 0 Å². The molecule has 1 spiro atoms. The highest BCUT2D eigenvalue weighted by Gasteiger charge is 2.52. The lowest BCUT2D eigenvalue weighted by molar-refractivity contribution is 0.116. The maximum Gasteiger partial charge on any atom is 0.319 e. The van der Waals surface area contributed by atoms with Crippen molar-refractivity contribution < 1.29 is 9.18 Å². The lowest BCUT2D eigenvalue weighted by atomic mass is 9.65. The van der Waals surface area contributed by atoms with Crippen molar-refractivity contribution in [2.45, 2.75) is 18.4 Å². The summed E-state index contributed by atoms with van der Waals surface area (Å²) in [7, 11) is 1.78. The van der Waals surface area contributed by atoms with Gasteiger partial charge in [-0.2, -0.15) is 5.10 Å². The Bertz CT molecular complexity index is 1370. The minimum Gasteiger partial charge on any atom is -0.338 e. The molecule has 3 heterocycles. The summed E-state index contributed by atoms with van der Waals surface area (Å²) in [6, 6.07) is 12.8. The van der Waals surface area contributed by atoms with Crippen molar-refractivity contribution in [3.63, 3.8) is 0 Å². The third-order valence-electron chi connectivity index (χ3n) is 6.85. The van der Waals surface area contributed by atoms with E-state index in [-0.39, 0.29) is 11.6 Å². The second kappa shape index (κ2) is 7.30. The molecule has 8 heteroatoms. The number of carbonyl (C=O) groups is 1. The third-order valence-corrected chi connectivity index (χ3v) is 6.85. The topological polar surface area (TPSA) is 76.8 Å². The van der Waals surface area contributed by atoms with Gasteiger partial charge in [-0.3, -0.25) is 4.68 Å². The molecule has 1 aliphatic heterocycles. The van der Waals surface area contributed by atoms with E-state index in [1.54, 1.807) is 36.3 Å². The van der Waals surface area contributed by atoms with Gasteiger partial charge in [0, 0.05) is 42.2 Å². The summed E-state index contributed by atoms with van der Waals surface area (Å²) in [5, 5.41) is 9.74. The first-order valence-electron chi connectivity index (χ1n) is 11.0. The van der Waals surface area contributed by atoms with Crippen LogP contribution in [0.25, 0.3) is 22.4 Å². The molecular weight excluding hydrogens is 419 g/mol. The molecule has 0 saturated heterocycles. The van der Waals surface area contributed by atoms with Gasteiger partial charge in [0.1, 0.15) is 5.82 Å². The number of anilines is 1. The molecule has 2 N–H and O–H groups in total. The molecule has 2 aromatic heterocycles. The number of rotatable bonds is 4. The summed E-state index contributed by atoms with van der Waals surface area (Å²) >= 11 is 0. The van der Waals surface area contributed by atoms with Gasteiger partial charge in [-0.1, -0.05) is 24.3 Å². The summed E-state index contributed by atoms with van der Waals surface area (Å²) in [6.07, 6.45) is 9.09. The number of urea groups is 1. The first-order valence-corrected chi connectivity index (χ1v) is 11.0. The van der Waals surface area contributed by atoms with Crippen LogP contribution in [0.5, 0.6) is 0 Å². The second-order valence-electron chi connectivity index (χ2n) is 8.93. The number of benzene rings is 2. The minimum absolute atomic E-state index is 0.0590. The zero-order valence-corrected chi connectivity index (χ0v) is 18.1. The van der Waals surface area contributed by atoms with Gasteiger partial charge < -0.3 is 15.2 Å². The highest BCUT2D eigenvalue weighted by atomic mass is 19.1. The molecular formula is C25H23FN6O. The molecule has 1 saturated carbocycles. The predicted octanol–water partition coefficient (Wildman–Crippen LogP) is 4.38. The quantitative estimate of drug-likeness (QED) is 0.493. The number of imidazole rings is 1. The van der Waals surface area contributed by atoms with Crippen LogP contribution < -0.4 is 10.6 Å². The zero-order valence-electron chi connectivity index (χ0n) is 18.1. The van der Waals surface area contributed by atoms with Crippen LogP contribution in [0.1, 0.15) is 18.4 Å². The van der Waals surface area contributed by atoms with E-state index in [1.807, 2.05) is 12.5 Å². The monoisotopic (exact) mass is 442 g/mol. The van der Waals surface area contributed by atoms with E-state index in [4.69, 9.17) is 0 Å². The first kappa shape index (κ1) is 19.7. The summed E-state index contributed by atoms with van der Waals surface area (Å²) < 4.78 is 18.4. The van der Waals surface area contributed by atoms with Gasteiger partial charge in [0.05, 0.1) is 30.0 Å². The Morgan fingerprint density at radius 2 is 2.03 bits per heavy atom. The van der Waals surface area contributed by atoms with Crippen molar-refractivity contribution in [2.75, 3.05) is 11.9 Å². The fourth-order valence-electron chi connectivity index (χ4n) is 5.33. The Morgan fingerprint density at radius 1 is 1.18 bits per heavy atom. The Kier molecular flexibility index (Phi) is 4.36. The summed E-state index contributed by atoms with van der Waals surface area (Å²) in [5.74, 6) is -0.0420. The normalized spacial score (nSPS) is 20.2. The average molecular weight is 442 g/mol. The Hall–Kier alpha value is -3.94. The molecule has 0 atom stereocenters. The zero-order chi connectivity index (χ0) is 22.6. The van der Waals surface area contributed by atoms with Gasteiger partial charge in [0.25, 0.3) is 0 Å². The van der Waals surface area contributed by atoms with Crippen LogP contribution in [0.4, 0.5) is 14.9 Å². The SMILES string of the molecule is Cn1cc(-c2ccc(NC(=O)NCC3CC4(C3)c3ccccc3-c3cncn34)cc2F)cn1. The van der Waals surface area contributed by atoms with Crippen molar-refractivity contribution >= 4 is 11.7 Å². The highest BCUT2D eigenvalue weighted by molar-refractivity contribution is 5.89. The van der Waals surface area contributed by atoms with E-state index in [0.29, 0.717) is 29.3 Å². The van der Waals surface area contributed by atoms with Crippen LogP contribution in [0, 0.1) is 11.7 Å². The Labute approximate surface area is 190 Å². The van der Waals surface area contributed by atoms with Crippen molar-refractivity contribution in [3.8, 4) is 22.4 Å². The number of halogens is 1. The molecule has 1 aliphatic carbocycles. The number of aryl methyl sites for hydroxylation is 1. The number of aromatic nitrogens is 4. The maximum atomic E-state index is 14.5. The van der Waals surface area contributed by atoms with Crippen LogP contribution in [0.15, 0.2) is 67.4 Å². The van der Waals surface area contributed by atoms with E-state index in [1.165, 1.54) is 17.2 Å². The van der Waals surface area contributed by atoms with Gasteiger partial charge >= 0.3 is 6.03 Å². The van der Waals surface area contributed by atoms with E-state index >= 15 is 0 Å². The number of nitrogens with one attached hydrogen (secondary N) is 2. The Balaban J connectivity index is 1.07. The summed E-state index contributed by atoms with van der Waals surface area (Å²) in [4.78, 5) is 16.8. The second-order valence-corrected chi connectivity index (χ2v) is 8.93. The van der Waals surface area contributed by atoms with Gasteiger partial charge in [-0.15, -0.1) is 0 Å². The minimum atomic E-state index is -0.405. The molecule has 2 amide bonds. The van der Waals surface area contributed by atoms with Crippen LogP contribution in [-0.2, 0) is 12.6 Å². The van der Waals surface area contributed by atoms with Crippen LogP contribution >= 0.6 is 0 Å². The number of fused-ring (bicyclic) bond motifs is 5. The number of carbonyl (C=O) groups excluding carboxylic acids is 1. The van der Waals surface area contributed by atoms with E-state index in [9.17, 15) is 9.18 Å². The lowest BCUT2D eigenvalue weighted by Gasteiger charge is -2.47. The van der Waals surface area contributed by atoms with Crippen molar-refractivity contribution in [1.82, 2.24) is 24.6 Å². The predicted molar refractivity (Wildman–Crippen MR) is 123 cm³/mol. The smallest absolute Gasteiger partial charge is 0.319 e. The van der Waals surface area contributed by atoms with E-state index in [0.717, 1.165) is 18.5 Å². The fraction of sp³-hybridized carbons (Fsp3) is 0.240. The summed E-state index contributed by atoms with van der Waals surface area (Å²) in [6.45, 7) is 0.566. The standard InChI is InChI=1S/C25H23FN6O/c1-31-14-17(12-29-31)19-7-6-18(8-22(19)26)30-24(33)28-11-16-9-25(10-16)21-5-3-2-4-20(21)23-13-27-15-32(23)25/h2-8,12-16H,9-11H2,1H3,(H2,28,30,33). The largest absolute Gasteiger partial charge is 0.338 e. The molecule has 6 rings (SSSR count). The highest BCUT2D eigenvalue weighted by Crippen LogP contribution is 2.56. The number of nitrogens with zero attached hydrogens (tertiary/aromatic N) is 4. The molecule has 1 fully saturated rings. The molecule has 0 radical (unpaired) electrons. The van der Waals surface area contributed by atoms with Crippen LogP contribution in [0.3, 0.4) is 0 Å². The molecule has 166 valence electrons. The number of amides is 2. The molecule has 0 bridgehead atoms. The average Bonchev–Trinajstić information content (AvgIpc) is 3.47. The van der Waals surface area contributed by atoms with Gasteiger partial charge in [-0.25, -0.2) is 14.2 Å². The lowest BCUT2D eigenvalue weighted by Crippen LogP contribution is -2.49. The van der Waals surface area contributed by atoms with E-state index < -0.39 is 5.82 Å². The maximum absolute atomic E-state index is 14.5. The van der Waals surface area contributed by atoms with Gasteiger partial charge in [0.2, 0.25) is 0 Å². The van der Waals surface area contributed by atoms with Crippen LogP contribution in [0.2, 0.25) is 0 Å². The number of hydrogen-bond donors (Lipinski definition) is 2. The van der Waals surface area contributed by atoms with Gasteiger partial charge in [-0.05, 0) is 42.5 Å². The first-order chi connectivity index (χ1) is 16.0. The molecule has 0 unspecified atom stereocenters. The summed E-state index contributed by atoms with van der Waals surface area (Å²) in [5.41, 5.74) is 5.24. The molecule has 7 nitrogen and oxygen atoms in total. The Morgan fingerprint density at radius 3 is 2.82 bits per heavy atom. The van der Waals surface area contributed by atoms with Crippen molar-refractivity contribution in [2.24, 2.45) is 13.0 Å². The number of hydrogen-bond acceptors (Lipinski definition) is 3. The molecule has 2 aliphatic rings. The van der Waals surface area contributed by atoms with E-state index in [2.05, 4.69) is 49.5 Å². The fourth-order valence-corrected chi connectivity index (χ4v) is 5.33. The van der Waals surface area contributed by atoms with Crippen LogP contribution in [-0.4, -0.2) is 31.9 Å². The molecule has 4 aromatic rings. The third kappa shape index (κ3) is 3.13. The molecule has 33 heavy (non-hydrogen) atoms. The van der Waals surface area contributed by atoms with Gasteiger partial charge in [0.15, 0.2) is 0 Å².